The van der Waals surface area contributed by atoms with Gasteiger partial charge in [0, 0.05) is 13.2 Å². The lowest BCUT2D eigenvalue weighted by atomic mass is 10.2. The van der Waals surface area contributed by atoms with Crippen LogP contribution in [-0.4, -0.2) is 14.8 Å². The lowest BCUT2D eigenvalue weighted by Gasteiger charge is -2.06. The molecule has 3 nitrogen and oxygen atoms in total. The minimum Gasteiger partial charge on any atom is -0.261 e. The molecule has 0 spiro atoms. The maximum atomic E-state index is 12.7. The van der Waals surface area contributed by atoms with E-state index in [1.807, 2.05) is 0 Å². The molecule has 90 valence electrons. The summed E-state index contributed by atoms with van der Waals surface area (Å²) in [6, 6.07) is 4.86. The Balaban J connectivity index is 2.60. The van der Waals surface area contributed by atoms with Gasteiger partial charge in [-0.25, -0.2) is 0 Å². The highest BCUT2D eigenvalue weighted by Crippen LogP contribution is 2.38. The largest absolute Gasteiger partial charge is 0.434 e. The van der Waals surface area contributed by atoms with E-state index < -0.39 is 16.9 Å². The van der Waals surface area contributed by atoms with Gasteiger partial charge in [-0.15, -0.1) is 0 Å². The minimum absolute atomic E-state index is 0.0297. The first-order valence-corrected chi connectivity index (χ1v) is 5.00. The second-order valence-electron chi connectivity index (χ2n) is 3.35. The van der Waals surface area contributed by atoms with Gasteiger partial charge in [-0.2, -0.15) is 18.3 Å². The van der Waals surface area contributed by atoms with Crippen molar-refractivity contribution >= 4 is 11.6 Å². The fourth-order valence-electron chi connectivity index (χ4n) is 1.47. The highest BCUT2D eigenvalue weighted by atomic mass is 35.5. The molecule has 0 aliphatic rings. The van der Waals surface area contributed by atoms with Gasteiger partial charge in [0.05, 0.1) is 5.69 Å². The number of aryl methyl sites for hydroxylation is 1. The quantitative estimate of drug-likeness (QED) is 0.789. The standard InChI is InChI=1S/C10H7ClF3N3/c1-17-9(10(12,13)14)7(11)8(16-17)6-4-2-3-5-15-6/h2-5H,1H3. The zero-order chi connectivity index (χ0) is 12.6. The van der Waals surface area contributed by atoms with Crippen LogP contribution in [-0.2, 0) is 13.2 Å². The van der Waals surface area contributed by atoms with Crippen LogP contribution in [0.3, 0.4) is 0 Å². The van der Waals surface area contributed by atoms with Crippen molar-refractivity contribution in [1.29, 1.82) is 0 Å². The average Bonchev–Trinajstić information content (AvgIpc) is 2.54. The van der Waals surface area contributed by atoms with E-state index in [2.05, 4.69) is 10.1 Å². The molecule has 0 aliphatic heterocycles. The highest BCUT2D eigenvalue weighted by molar-refractivity contribution is 6.33. The molecule has 0 amide bonds. The molecule has 0 atom stereocenters. The Morgan fingerprint density at radius 2 is 2.00 bits per heavy atom. The molecule has 2 heterocycles. The summed E-state index contributed by atoms with van der Waals surface area (Å²) in [6.45, 7) is 0. The Labute approximate surface area is 99.8 Å². The molecule has 0 fully saturated rings. The molecule has 7 heteroatoms. The fraction of sp³-hybridized carbons (Fsp3) is 0.200. The number of pyridine rings is 1. The summed E-state index contributed by atoms with van der Waals surface area (Å²) in [5.74, 6) is 0. The van der Waals surface area contributed by atoms with Crippen molar-refractivity contribution in [2.24, 2.45) is 7.05 Å². The molecule has 0 aromatic carbocycles. The van der Waals surface area contributed by atoms with Crippen molar-refractivity contribution in [2.75, 3.05) is 0 Å². The van der Waals surface area contributed by atoms with E-state index in [1.165, 1.54) is 13.2 Å². The third kappa shape index (κ3) is 2.12. The molecule has 0 saturated carbocycles. The molecule has 0 bridgehead atoms. The molecule has 2 aromatic heterocycles. The molecule has 0 unspecified atom stereocenters. The predicted octanol–water partition coefficient (Wildman–Crippen LogP) is 3.15. The van der Waals surface area contributed by atoms with Gasteiger partial charge in [-0.05, 0) is 12.1 Å². The number of aromatic nitrogens is 3. The number of hydrogen-bond acceptors (Lipinski definition) is 2. The zero-order valence-electron chi connectivity index (χ0n) is 8.66. The van der Waals surface area contributed by atoms with E-state index in [9.17, 15) is 13.2 Å². The minimum atomic E-state index is -4.54. The van der Waals surface area contributed by atoms with Gasteiger partial charge in [0.15, 0.2) is 5.69 Å². The van der Waals surface area contributed by atoms with E-state index in [1.54, 1.807) is 18.2 Å². The molecule has 2 aromatic rings. The SMILES string of the molecule is Cn1nc(-c2ccccn2)c(Cl)c1C(F)(F)F. The number of alkyl halides is 3. The molecule has 0 N–H and O–H groups in total. The summed E-state index contributed by atoms with van der Waals surface area (Å²) in [4.78, 5) is 3.92. The van der Waals surface area contributed by atoms with E-state index in [4.69, 9.17) is 11.6 Å². The van der Waals surface area contributed by atoms with E-state index in [0.29, 0.717) is 10.4 Å². The molecule has 0 aliphatic carbocycles. The molecular formula is C10H7ClF3N3. The third-order valence-electron chi connectivity index (χ3n) is 2.17. The molecule has 17 heavy (non-hydrogen) atoms. The van der Waals surface area contributed by atoms with E-state index in [0.717, 1.165) is 0 Å². The van der Waals surface area contributed by atoms with Gasteiger partial charge < -0.3 is 0 Å². The van der Waals surface area contributed by atoms with Crippen molar-refractivity contribution in [3.63, 3.8) is 0 Å². The molecule has 2 rings (SSSR count). The van der Waals surface area contributed by atoms with Gasteiger partial charge in [-0.1, -0.05) is 17.7 Å². The summed E-state index contributed by atoms with van der Waals surface area (Å²) < 4.78 is 38.7. The summed E-state index contributed by atoms with van der Waals surface area (Å²) in [6.07, 6.45) is -3.07. The van der Waals surface area contributed by atoms with E-state index in [-0.39, 0.29) is 5.69 Å². The van der Waals surface area contributed by atoms with Crippen LogP contribution in [0.4, 0.5) is 13.2 Å². The van der Waals surface area contributed by atoms with Crippen molar-refractivity contribution in [3.8, 4) is 11.4 Å². The van der Waals surface area contributed by atoms with Crippen molar-refractivity contribution in [2.45, 2.75) is 6.18 Å². The Bertz CT molecular complexity index is 534. The second kappa shape index (κ2) is 4.03. The van der Waals surface area contributed by atoms with Crippen LogP contribution in [0.2, 0.25) is 5.02 Å². The lowest BCUT2D eigenvalue weighted by Crippen LogP contribution is -2.12. The Morgan fingerprint density at radius 3 is 2.47 bits per heavy atom. The summed E-state index contributed by atoms with van der Waals surface area (Å²) in [5.41, 5.74) is -0.634. The topological polar surface area (TPSA) is 30.7 Å². The van der Waals surface area contributed by atoms with Crippen molar-refractivity contribution < 1.29 is 13.2 Å². The first-order valence-electron chi connectivity index (χ1n) is 4.62. The van der Waals surface area contributed by atoms with Gasteiger partial charge in [0.1, 0.15) is 10.7 Å². The zero-order valence-corrected chi connectivity index (χ0v) is 9.42. The highest BCUT2D eigenvalue weighted by Gasteiger charge is 2.39. The van der Waals surface area contributed by atoms with Crippen LogP contribution >= 0.6 is 11.6 Å². The van der Waals surface area contributed by atoms with Crippen LogP contribution < -0.4 is 0 Å². The Kier molecular flexibility index (Phi) is 2.82. The van der Waals surface area contributed by atoms with Gasteiger partial charge >= 0.3 is 6.18 Å². The first kappa shape index (κ1) is 11.9. The maximum Gasteiger partial charge on any atom is 0.434 e. The van der Waals surface area contributed by atoms with Gasteiger partial charge in [-0.3, -0.25) is 9.67 Å². The number of nitrogens with zero attached hydrogens (tertiary/aromatic N) is 3. The maximum absolute atomic E-state index is 12.7. The molecule has 0 saturated heterocycles. The van der Waals surface area contributed by atoms with Crippen LogP contribution in [0, 0.1) is 0 Å². The smallest absolute Gasteiger partial charge is 0.261 e. The first-order chi connectivity index (χ1) is 7.91. The summed E-state index contributed by atoms with van der Waals surface area (Å²) >= 11 is 5.71. The molecular weight excluding hydrogens is 255 g/mol. The third-order valence-corrected chi connectivity index (χ3v) is 2.52. The Morgan fingerprint density at radius 1 is 1.29 bits per heavy atom. The monoisotopic (exact) mass is 261 g/mol. The normalized spacial score (nSPS) is 11.8. The second-order valence-corrected chi connectivity index (χ2v) is 3.73. The van der Waals surface area contributed by atoms with Crippen LogP contribution in [0.25, 0.3) is 11.4 Å². The number of halogens is 4. The van der Waals surface area contributed by atoms with Crippen LogP contribution in [0.1, 0.15) is 5.69 Å². The van der Waals surface area contributed by atoms with Gasteiger partial charge in [0.25, 0.3) is 0 Å². The lowest BCUT2D eigenvalue weighted by molar-refractivity contribution is -0.143. The Hall–Kier alpha value is -1.56. The van der Waals surface area contributed by atoms with E-state index >= 15 is 0 Å². The van der Waals surface area contributed by atoms with Crippen molar-refractivity contribution in [1.82, 2.24) is 14.8 Å². The molecule has 0 radical (unpaired) electrons. The summed E-state index contributed by atoms with van der Waals surface area (Å²) in [5, 5.41) is 3.32. The van der Waals surface area contributed by atoms with Crippen LogP contribution in [0.15, 0.2) is 24.4 Å². The number of hydrogen-bond donors (Lipinski definition) is 0. The summed E-state index contributed by atoms with van der Waals surface area (Å²) in [7, 11) is 1.20. The fourth-order valence-corrected chi connectivity index (χ4v) is 1.84. The number of rotatable bonds is 1. The average molecular weight is 262 g/mol. The van der Waals surface area contributed by atoms with Crippen LogP contribution in [0.5, 0.6) is 0 Å². The predicted molar refractivity (Wildman–Crippen MR) is 56.5 cm³/mol. The van der Waals surface area contributed by atoms with Crippen molar-refractivity contribution in [3.05, 3.63) is 35.1 Å². The van der Waals surface area contributed by atoms with Gasteiger partial charge in [0.2, 0.25) is 0 Å².